The van der Waals surface area contributed by atoms with Gasteiger partial charge in [-0.2, -0.15) is 0 Å². The number of carbonyl (C=O) groups is 1. The predicted molar refractivity (Wildman–Crippen MR) is 84.8 cm³/mol. The Hall–Kier alpha value is -0.610. The summed E-state index contributed by atoms with van der Waals surface area (Å²) in [6.07, 6.45) is 4.65. The van der Waals surface area contributed by atoms with E-state index in [0.29, 0.717) is 12.1 Å². The number of nitrogens with zero attached hydrogens (tertiary/aromatic N) is 2. The molecule has 1 heterocycles. The van der Waals surface area contributed by atoms with Crippen molar-refractivity contribution < 1.29 is 4.79 Å². The monoisotopic (exact) mass is 283 g/mol. The van der Waals surface area contributed by atoms with Gasteiger partial charge in [-0.1, -0.05) is 26.7 Å². The van der Waals surface area contributed by atoms with Crippen LogP contribution in [0.25, 0.3) is 0 Å². The van der Waals surface area contributed by atoms with Crippen LogP contribution in [0, 0.1) is 5.92 Å². The second-order valence-corrected chi connectivity index (χ2v) is 6.30. The van der Waals surface area contributed by atoms with Gasteiger partial charge in [0.25, 0.3) is 0 Å². The van der Waals surface area contributed by atoms with Gasteiger partial charge < -0.3 is 15.1 Å². The van der Waals surface area contributed by atoms with Crippen LogP contribution in [-0.4, -0.2) is 61.5 Å². The Morgan fingerprint density at radius 2 is 1.80 bits per heavy atom. The van der Waals surface area contributed by atoms with Crippen molar-refractivity contribution in [2.45, 2.75) is 58.5 Å². The molecule has 0 aromatic heterocycles. The number of hydrogen-bond donors (Lipinski definition) is 1. The van der Waals surface area contributed by atoms with Crippen molar-refractivity contribution in [2.24, 2.45) is 5.92 Å². The molecule has 1 atom stereocenters. The van der Waals surface area contributed by atoms with E-state index in [1.165, 1.54) is 12.8 Å². The Bertz CT molecular complexity index is 281. The van der Waals surface area contributed by atoms with Crippen molar-refractivity contribution in [3.63, 3.8) is 0 Å². The maximum atomic E-state index is 11.3. The zero-order valence-corrected chi connectivity index (χ0v) is 14.0. The number of carbonyl (C=O) groups excluding carboxylic acids is 1. The van der Waals surface area contributed by atoms with Crippen molar-refractivity contribution in [3.8, 4) is 0 Å². The smallest absolute Gasteiger partial charge is 0.219 e. The molecule has 0 aromatic carbocycles. The first kappa shape index (κ1) is 17.4. The zero-order chi connectivity index (χ0) is 15.1. The van der Waals surface area contributed by atoms with Crippen molar-refractivity contribution >= 4 is 5.91 Å². The third-order valence-corrected chi connectivity index (χ3v) is 4.81. The molecule has 0 saturated carbocycles. The Morgan fingerprint density at radius 1 is 1.25 bits per heavy atom. The molecule has 1 amide bonds. The fraction of sp³-hybridized carbons (Fsp3) is 0.938. The molecule has 0 aromatic rings. The zero-order valence-electron chi connectivity index (χ0n) is 14.0. The van der Waals surface area contributed by atoms with Gasteiger partial charge in [0, 0.05) is 38.6 Å². The van der Waals surface area contributed by atoms with Crippen LogP contribution in [0.4, 0.5) is 0 Å². The van der Waals surface area contributed by atoms with Gasteiger partial charge in [0.2, 0.25) is 5.91 Å². The summed E-state index contributed by atoms with van der Waals surface area (Å²) in [5.74, 6) is 0.974. The standard InChI is InChI=1S/C16H33N3O/c1-6-14(7-2)16(18(4)5)12-17-15-8-10-19(11-9-15)13(3)20/h14-17H,6-12H2,1-5H3. The summed E-state index contributed by atoms with van der Waals surface area (Å²) in [6, 6.07) is 1.18. The lowest BCUT2D eigenvalue weighted by Gasteiger charge is -2.36. The molecule has 118 valence electrons. The fourth-order valence-electron chi connectivity index (χ4n) is 3.29. The van der Waals surface area contributed by atoms with Gasteiger partial charge >= 0.3 is 0 Å². The molecule has 0 bridgehead atoms. The molecule has 0 radical (unpaired) electrons. The molecule has 20 heavy (non-hydrogen) atoms. The van der Waals surface area contributed by atoms with Crippen LogP contribution in [0.3, 0.4) is 0 Å². The van der Waals surface area contributed by atoms with Gasteiger partial charge in [-0.25, -0.2) is 0 Å². The highest BCUT2D eigenvalue weighted by atomic mass is 16.2. The molecule has 0 spiro atoms. The van der Waals surface area contributed by atoms with Crippen LogP contribution < -0.4 is 5.32 Å². The van der Waals surface area contributed by atoms with Crippen molar-refractivity contribution in [1.82, 2.24) is 15.1 Å². The van der Waals surface area contributed by atoms with Crippen molar-refractivity contribution in [3.05, 3.63) is 0 Å². The molecule has 1 saturated heterocycles. The lowest BCUT2D eigenvalue weighted by molar-refractivity contribution is -0.129. The summed E-state index contributed by atoms with van der Waals surface area (Å²) in [5, 5.41) is 3.73. The van der Waals surface area contributed by atoms with Gasteiger partial charge in [0.1, 0.15) is 0 Å². The number of nitrogens with one attached hydrogen (secondary N) is 1. The lowest BCUT2D eigenvalue weighted by Crippen LogP contribution is -2.49. The topological polar surface area (TPSA) is 35.6 Å². The van der Waals surface area contributed by atoms with Crippen LogP contribution in [0.2, 0.25) is 0 Å². The molecule has 4 nitrogen and oxygen atoms in total. The van der Waals surface area contributed by atoms with Gasteiger partial charge in [0.05, 0.1) is 0 Å². The molecular weight excluding hydrogens is 250 g/mol. The maximum Gasteiger partial charge on any atom is 0.219 e. The number of likely N-dealkylation sites (N-methyl/N-ethyl adjacent to an activating group) is 1. The fourth-order valence-corrected chi connectivity index (χ4v) is 3.29. The normalized spacial score (nSPS) is 18.9. The van der Waals surface area contributed by atoms with E-state index in [1.807, 2.05) is 4.90 Å². The van der Waals surface area contributed by atoms with Crippen molar-refractivity contribution in [1.29, 1.82) is 0 Å². The summed E-state index contributed by atoms with van der Waals surface area (Å²) in [4.78, 5) is 15.6. The Labute approximate surface area is 124 Å². The predicted octanol–water partition coefficient (Wildman–Crippen LogP) is 1.95. The summed E-state index contributed by atoms with van der Waals surface area (Å²) in [7, 11) is 4.37. The average molecular weight is 283 g/mol. The second kappa shape index (κ2) is 8.63. The first-order valence-corrected chi connectivity index (χ1v) is 8.14. The highest BCUT2D eigenvalue weighted by molar-refractivity contribution is 5.73. The summed E-state index contributed by atoms with van der Waals surface area (Å²) in [5.41, 5.74) is 0. The van der Waals surface area contributed by atoms with E-state index in [9.17, 15) is 4.79 Å². The molecule has 1 aliphatic rings. The molecule has 0 aliphatic carbocycles. The number of rotatable bonds is 7. The average Bonchev–Trinajstić information content (AvgIpc) is 2.43. The highest BCUT2D eigenvalue weighted by Crippen LogP contribution is 2.17. The van der Waals surface area contributed by atoms with E-state index < -0.39 is 0 Å². The first-order valence-electron chi connectivity index (χ1n) is 8.14. The quantitative estimate of drug-likeness (QED) is 0.776. The van der Waals surface area contributed by atoms with Crippen LogP contribution in [0.15, 0.2) is 0 Å². The number of amides is 1. The van der Waals surface area contributed by atoms with Crippen LogP contribution in [0.1, 0.15) is 46.5 Å². The van der Waals surface area contributed by atoms with Crippen LogP contribution in [-0.2, 0) is 4.79 Å². The van der Waals surface area contributed by atoms with E-state index in [2.05, 4.69) is 38.2 Å². The van der Waals surface area contributed by atoms with E-state index in [-0.39, 0.29) is 5.91 Å². The van der Waals surface area contributed by atoms with E-state index in [0.717, 1.165) is 38.4 Å². The van der Waals surface area contributed by atoms with Crippen molar-refractivity contribution in [2.75, 3.05) is 33.7 Å². The SMILES string of the molecule is CCC(CC)C(CNC1CCN(C(C)=O)CC1)N(C)C. The van der Waals surface area contributed by atoms with Crippen LogP contribution >= 0.6 is 0 Å². The third kappa shape index (κ3) is 5.06. The minimum Gasteiger partial charge on any atom is -0.343 e. The molecule has 1 aliphatic heterocycles. The minimum absolute atomic E-state index is 0.214. The first-order chi connectivity index (χ1) is 9.49. The van der Waals surface area contributed by atoms with Gasteiger partial charge in [-0.3, -0.25) is 4.79 Å². The van der Waals surface area contributed by atoms with Gasteiger partial charge in [0.15, 0.2) is 0 Å². The Balaban J connectivity index is 2.39. The van der Waals surface area contributed by atoms with E-state index in [4.69, 9.17) is 0 Å². The Kier molecular flexibility index (Phi) is 7.52. The molecule has 4 heteroatoms. The molecule has 1 fully saturated rings. The minimum atomic E-state index is 0.214. The third-order valence-electron chi connectivity index (χ3n) is 4.81. The van der Waals surface area contributed by atoms with Crippen LogP contribution in [0.5, 0.6) is 0 Å². The second-order valence-electron chi connectivity index (χ2n) is 6.30. The largest absolute Gasteiger partial charge is 0.343 e. The van der Waals surface area contributed by atoms with E-state index >= 15 is 0 Å². The lowest BCUT2D eigenvalue weighted by atomic mass is 9.92. The number of hydrogen-bond acceptors (Lipinski definition) is 3. The summed E-state index contributed by atoms with van der Waals surface area (Å²) >= 11 is 0. The summed E-state index contributed by atoms with van der Waals surface area (Å²) in [6.45, 7) is 9.12. The number of likely N-dealkylation sites (tertiary alicyclic amines) is 1. The van der Waals surface area contributed by atoms with E-state index in [1.54, 1.807) is 6.92 Å². The maximum absolute atomic E-state index is 11.3. The van der Waals surface area contributed by atoms with Gasteiger partial charge in [-0.15, -0.1) is 0 Å². The van der Waals surface area contributed by atoms with Gasteiger partial charge in [-0.05, 0) is 32.9 Å². The Morgan fingerprint density at radius 3 is 2.20 bits per heavy atom. The molecule has 1 rings (SSSR count). The molecule has 1 N–H and O–H groups in total. The number of piperidine rings is 1. The molecule has 1 unspecified atom stereocenters. The highest BCUT2D eigenvalue weighted by Gasteiger charge is 2.24. The molecular formula is C16H33N3O. The summed E-state index contributed by atoms with van der Waals surface area (Å²) < 4.78 is 0.